The molecule has 4 nitrogen and oxygen atoms in total. The number of non-ortho nitro benzene ring substituents is 1. The lowest BCUT2D eigenvalue weighted by atomic mass is 10.1. The molecule has 1 atom stereocenters. The van der Waals surface area contributed by atoms with Crippen molar-refractivity contribution in [2.45, 2.75) is 25.9 Å². The predicted octanol–water partition coefficient (Wildman–Crippen LogP) is 2.05. The van der Waals surface area contributed by atoms with Crippen molar-refractivity contribution in [1.29, 1.82) is 0 Å². The molecule has 0 spiro atoms. The summed E-state index contributed by atoms with van der Waals surface area (Å²) in [4.78, 5) is 9.87. The van der Waals surface area contributed by atoms with Crippen LogP contribution in [0.25, 0.3) is 0 Å². The summed E-state index contributed by atoms with van der Waals surface area (Å²) in [5.74, 6) is -0.471. The number of benzene rings is 1. The number of hydrogen-bond donors (Lipinski definition) is 1. The summed E-state index contributed by atoms with van der Waals surface area (Å²) in [6, 6.07) is 3.41. The molecule has 0 aliphatic carbocycles. The maximum Gasteiger partial charge on any atom is 0.269 e. The topological polar surface area (TPSA) is 63.4 Å². The molecule has 15 heavy (non-hydrogen) atoms. The van der Waals surface area contributed by atoms with E-state index in [0.717, 1.165) is 12.1 Å². The van der Waals surface area contributed by atoms with Gasteiger partial charge in [0.1, 0.15) is 5.82 Å². The van der Waals surface area contributed by atoms with Crippen molar-refractivity contribution in [2.75, 3.05) is 0 Å². The Hall–Kier alpha value is -1.49. The van der Waals surface area contributed by atoms with Gasteiger partial charge in [-0.2, -0.15) is 0 Å². The van der Waals surface area contributed by atoms with Crippen LogP contribution in [0.1, 0.15) is 18.9 Å². The highest BCUT2D eigenvalue weighted by Crippen LogP contribution is 2.18. The fraction of sp³-hybridized carbons (Fsp3) is 0.400. The molecule has 1 N–H and O–H groups in total. The van der Waals surface area contributed by atoms with Crippen LogP contribution in [-0.2, 0) is 6.42 Å². The van der Waals surface area contributed by atoms with E-state index >= 15 is 0 Å². The van der Waals surface area contributed by atoms with Gasteiger partial charge in [0.15, 0.2) is 0 Å². The Morgan fingerprint density at radius 2 is 2.27 bits per heavy atom. The second-order valence-electron chi connectivity index (χ2n) is 3.42. The molecular formula is C10H12FNO3. The van der Waals surface area contributed by atoms with Crippen molar-refractivity contribution in [3.63, 3.8) is 0 Å². The number of rotatable bonds is 4. The van der Waals surface area contributed by atoms with Crippen molar-refractivity contribution in [3.05, 3.63) is 39.7 Å². The average Bonchev–Trinajstić information content (AvgIpc) is 2.16. The Kier molecular flexibility index (Phi) is 3.74. The number of nitro groups is 1. The highest BCUT2D eigenvalue weighted by atomic mass is 19.1. The van der Waals surface area contributed by atoms with Crippen LogP contribution in [-0.4, -0.2) is 16.1 Å². The maximum absolute atomic E-state index is 13.2. The summed E-state index contributed by atoms with van der Waals surface area (Å²) >= 11 is 0. The molecule has 0 saturated heterocycles. The Morgan fingerprint density at radius 3 is 2.80 bits per heavy atom. The van der Waals surface area contributed by atoms with E-state index in [1.54, 1.807) is 6.92 Å². The summed E-state index contributed by atoms with van der Waals surface area (Å²) in [5, 5.41) is 19.5. The molecule has 5 heteroatoms. The maximum atomic E-state index is 13.2. The summed E-state index contributed by atoms with van der Waals surface area (Å²) in [6.45, 7) is 1.59. The van der Waals surface area contributed by atoms with E-state index in [0.29, 0.717) is 12.8 Å². The van der Waals surface area contributed by atoms with Crippen LogP contribution < -0.4 is 0 Å². The molecule has 0 bridgehead atoms. The minimum Gasteiger partial charge on any atom is -0.393 e. The molecule has 0 aliphatic rings. The fourth-order valence-corrected chi connectivity index (χ4v) is 1.23. The van der Waals surface area contributed by atoms with E-state index in [4.69, 9.17) is 5.11 Å². The smallest absolute Gasteiger partial charge is 0.269 e. The largest absolute Gasteiger partial charge is 0.393 e. The van der Waals surface area contributed by atoms with Crippen LogP contribution >= 0.6 is 0 Å². The normalized spacial score (nSPS) is 12.5. The van der Waals surface area contributed by atoms with Gasteiger partial charge >= 0.3 is 0 Å². The monoisotopic (exact) mass is 213 g/mol. The molecule has 0 heterocycles. The second kappa shape index (κ2) is 4.84. The van der Waals surface area contributed by atoms with E-state index in [1.165, 1.54) is 6.07 Å². The van der Waals surface area contributed by atoms with Crippen molar-refractivity contribution in [2.24, 2.45) is 0 Å². The minimum absolute atomic E-state index is 0.128. The third-order valence-electron chi connectivity index (χ3n) is 2.07. The summed E-state index contributed by atoms with van der Waals surface area (Å²) in [7, 11) is 0. The number of hydrogen-bond acceptors (Lipinski definition) is 3. The van der Waals surface area contributed by atoms with Crippen molar-refractivity contribution >= 4 is 5.69 Å². The first-order valence-electron chi connectivity index (χ1n) is 4.61. The van der Waals surface area contributed by atoms with E-state index in [9.17, 15) is 14.5 Å². The highest BCUT2D eigenvalue weighted by molar-refractivity contribution is 5.35. The van der Waals surface area contributed by atoms with Gasteiger partial charge in [0.25, 0.3) is 5.69 Å². The van der Waals surface area contributed by atoms with Gasteiger partial charge in [-0.05, 0) is 31.4 Å². The van der Waals surface area contributed by atoms with Crippen LogP contribution in [0.3, 0.4) is 0 Å². The number of halogens is 1. The van der Waals surface area contributed by atoms with Gasteiger partial charge in [-0.1, -0.05) is 0 Å². The van der Waals surface area contributed by atoms with Crippen molar-refractivity contribution < 1.29 is 14.4 Å². The third-order valence-corrected chi connectivity index (χ3v) is 2.07. The second-order valence-corrected chi connectivity index (χ2v) is 3.42. The van der Waals surface area contributed by atoms with Crippen LogP contribution in [0.4, 0.5) is 10.1 Å². The summed E-state index contributed by atoms with van der Waals surface area (Å²) in [6.07, 6.45) is 0.146. The first kappa shape index (κ1) is 11.6. The lowest BCUT2D eigenvalue weighted by Gasteiger charge is -2.05. The number of aryl methyl sites for hydroxylation is 1. The molecule has 0 radical (unpaired) electrons. The molecule has 0 saturated carbocycles. The zero-order valence-electron chi connectivity index (χ0n) is 8.31. The van der Waals surface area contributed by atoms with Gasteiger partial charge in [0.2, 0.25) is 0 Å². The SMILES string of the molecule is CC(O)CCc1cc([N+](=O)[O-])ccc1F. The Morgan fingerprint density at radius 1 is 1.60 bits per heavy atom. The Labute approximate surface area is 86.5 Å². The molecular weight excluding hydrogens is 201 g/mol. The highest BCUT2D eigenvalue weighted by Gasteiger charge is 2.11. The lowest BCUT2D eigenvalue weighted by Crippen LogP contribution is -2.03. The Bertz CT molecular complexity index is 366. The molecule has 1 aromatic carbocycles. The molecule has 1 unspecified atom stereocenters. The summed E-state index contributed by atoms with van der Waals surface area (Å²) in [5.41, 5.74) is 0.141. The first-order valence-corrected chi connectivity index (χ1v) is 4.61. The number of nitro benzene ring substituents is 1. The predicted molar refractivity (Wildman–Crippen MR) is 53.1 cm³/mol. The molecule has 0 aliphatic heterocycles. The van der Waals surface area contributed by atoms with Gasteiger partial charge < -0.3 is 5.11 Å². The number of aliphatic hydroxyl groups is 1. The van der Waals surface area contributed by atoms with Gasteiger partial charge in [0, 0.05) is 12.1 Å². The third kappa shape index (κ3) is 3.28. The van der Waals surface area contributed by atoms with E-state index < -0.39 is 16.8 Å². The quantitative estimate of drug-likeness (QED) is 0.615. The number of aliphatic hydroxyl groups excluding tert-OH is 1. The fourth-order valence-electron chi connectivity index (χ4n) is 1.23. The summed E-state index contributed by atoms with van der Waals surface area (Å²) < 4.78 is 13.2. The average molecular weight is 213 g/mol. The van der Waals surface area contributed by atoms with E-state index in [2.05, 4.69) is 0 Å². The number of nitrogens with zero attached hydrogens (tertiary/aromatic N) is 1. The molecule has 1 aromatic rings. The van der Waals surface area contributed by atoms with Crippen LogP contribution in [0.2, 0.25) is 0 Å². The zero-order chi connectivity index (χ0) is 11.4. The van der Waals surface area contributed by atoms with E-state index in [-0.39, 0.29) is 11.3 Å². The van der Waals surface area contributed by atoms with Crippen molar-refractivity contribution in [3.8, 4) is 0 Å². The van der Waals surface area contributed by atoms with Gasteiger partial charge in [-0.15, -0.1) is 0 Å². The molecule has 0 aromatic heterocycles. The van der Waals surface area contributed by atoms with Crippen molar-refractivity contribution in [1.82, 2.24) is 0 Å². The molecule has 1 rings (SSSR count). The van der Waals surface area contributed by atoms with Gasteiger partial charge in [0.05, 0.1) is 11.0 Å². The standard InChI is InChI=1S/C10H12FNO3/c1-7(13)2-3-8-6-9(12(14)15)4-5-10(8)11/h4-7,13H,2-3H2,1H3. The van der Waals surface area contributed by atoms with Crippen LogP contribution in [0, 0.1) is 15.9 Å². The van der Waals surface area contributed by atoms with Gasteiger partial charge in [-0.3, -0.25) is 10.1 Å². The van der Waals surface area contributed by atoms with E-state index in [1.807, 2.05) is 0 Å². The zero-order valence-corrected chi connectivity index (χ0v) is 8.31. The van der Waals surface area contributed by atoms with Crippen LogP contribution in [0.5, 0.6) is 0 Å². The minimum atomic E-state index is -0.564. The molecule has 0 fully saturated rings. The van der Waals surface area contributed by atoms with Gasteiger partial charge in [-0.25, -0.2) is 4.39 Å². The molecule has 82 valence electrons. The van der Waals surface area contributed by atoms with Crippen LogP contribution in [0.15, 0.2) is 18.2 Å². The Balaban J connectivity index is 2.85. The lowest BCUT2D eigenvalue weighted by molar-refractivity contribution is -0.385. The molecule has 0 amide bonds. The first-order chi connectivity index (χ1) is 7.00.